The molecule has 8 heteroatoms. The number of esters is 1. The topological polar surface area (TPSA) is 72.5 Å². The maximum atomic E-state index is 12.1. The van der Waals surface area contributed by atoms with Gasteiger partial charge in [0.25, 0.3) is 5.91 Å². The van der Waals surface area contributed by atoms with Gasteiger partial charge in [-0.25, -0.2) is 0 Å². The molecule has 0 bridgehead atoms. The van der Waals surface area contributed by atoms with Crippen LogP contribution in [0.15, 0.2) is 36.4 Å². The van der Waals surface area contributed by atoms with Crippen molar-refractivity contribution in [2.24, 2.45) is 0 Å². The van der Waals surface area contributed by atoms with E-state index in [4.69, 9.17) is 16.3 Å². The van der Waals surface area contributed by atoms with E-state index in [0.29, 0.717) is 21.3 Å². The summed E-state index contributed by atoms with van der Waals surface area (Å²) in [6.45, 7) is 2.99. The van der Waals surface area contributed by atoms with Gasteiger partial charge in [-0.05, 0) is 50.2 Å². The largest absolute Gasteiger partial charge is 0.452 e. The molecule has 0 aliphatic heterocycles. The number of thioether (sulfide) groups is 1. The third-order valence-electron chi connectivity index (χ3n) is 3.33. The number of halogens is 1. The highest BCUT2D eigenvalue weighted by Crippen LogP contribution is 2.25. The molecule has 1 aromatic heterocycles. The average molecular weight is 412 g/mol. The fourth-order valence-electron chi connectivity index (χ4n) is 1.98. The van der Waals surface area contributed by atoms with Gasteiger partial charge < -0.3 is 10.1 Å². The first-order chi connectivity index (χ1) is 12.3. The fourth-order valence-corrected chi connectivity index (χ4v) is 3.98. The van der Waals surface area contributed by atoms with Crippen LogP contribution >= 0.6 is 34.7 Å². The summed E-state index contributed by atoms with van der Waals surface area (Å²) in [5, 5.41) is 2.65. The first-order valence-electron chi connectivity index (χ1n) is 7.78. The summed E-state index contributed by atoms with van der Waals surface area (Å²) in [6, 6.07) is 10.2. The Hall–Kier alpha value is -1.83. The van der Waals surface area contributed by atoms with E-state index in [9.17, 15) is 14.4 Å². The van der Waals surface area contributed by atoms with E-state index in [-0.39, 0.29) is 11.5 Å². The minimum Gasteiger partial charge on any atom is -0.452 e. The van der Waals surface area contributed by atoms with Gasteiger partial charge >= 0.3 is 5.97 Å². The van der Waals surface area contributed by atoms with Crippen LogP contribution in [0.3, 0.4) is 0 Å². The first-order valence-corrected chi connectivity index (χ1v) is 10.1. The lowest BCUT2D eigenvalue weighted by atomic mass is 10.1. The molecule has 26 heavy (non-hydrogen) atoms. The number of carbonyl (C=O) groups is 3. The van der Waals surface area contributed by atoms with E-state index in [2.05, 4.69) is 5.32 Å². The molecule has 2 rings (SSSR count). The SMILES string of the molecule is CC(=O)c1ccc(NC(=O)[C@@H](C)OC(=O)CSCc2ccc(Cl)s2)cc1. The Labute approximate surface area is 165 Å². The fraction of sp³-hybridized carbons (Fsp3) is 0.278. The standard InChI is InChI=1S/C18H18ClNO4S2/c1-11(21)13-3-5-14(6-4-13)20-18(23)12(2)24-17(22)10-25-9-15-7-8-16(19)26-15/h3-8,12H,9-10H2,1-2H3,(H,20,23)/t12-/m1/s1. The van der Waals surface area contributed by atoms with Crippen LogP contribution in [0.25, 0.3) is 0 Å². The molecule has 0 saturated heterocycles. The second-order valence-corrected chi connectivity index (χ2v) is 8.24. The maximum Gasteiger partial charge on any atom is 0.316 e. The molecule has 0 saturated carbocycles. The van der Waals surface area contributed by atoms with Gasteiger partial charge in [0, 0.05) is 21.9 Å². The molecule has 138 valence electrons. The molecule has 0 radical (unpaired) electrons. The Balaban J connectivity index is 1.74. The van der Waals surface area contributed by atoms with Gasteiger partial charge in [0.2, 0.25) is 0 Å². The molecule has 0 fully saturated rings. The first kappa shape index (κ1) is 20.5. The number of anilines is 1. The lowest BCUT2D eigenvalue weighted by Gasteiger charge is -2.13. The van der Waals surface area contributed by atoms with Crippen molar-refractivity contribution in [2.45, 2.75) is 25.7 Å². The van der Waals surface area contributed by atoms with Gasteiger partial charge in [0.1, 0.15) is 0 Å². The maximum absolute atomic E-state index is 12.1. The van der Waals surface area contributed by atoms with Crippen LogP contribution in [0, 0.1) is 0 Å². The second-order valence-electron chi connectivity index (χ2n) is 5.45. The molecular weight excluding hydrogens is 394 g/mol. The Morgan fingerprint density at radius 1 is 1.19 bits per heavy atom. The van der Waals surface area contributed by atoms with Crippen LogP contribution in [0.1, 0.15) is 29.1 Å². The Morgan fingerprint density at radius 2 is 1.88 bits per heavy atom. The summed E-state index contributed by atoms with van der Waals surface area (Å²) in [5.74, 6) is -0.112. The number of Topliss-reactive ketones (excluding diaryl/α,β-unsaturated/α-hetero) is 1. The van der Waals surface area contributed by atoms with Crippen LogP contribution in [0.4, 0.5) is 5.69 Å². The Bertz CT molecular complexity index is 789. The molecule has 1 heterocycles. The lowest BCUT2D eigenvalue weighted by molar-refractivity contribution is -0.150. The minimum absolute atomic E-state index is 0.0486. The van der Waals surface area contributed by atoms with E-state index in [1.807, 2.05) is 12.1 Å². The third kappa shape index (κ3) is 6.48. The van der Waals surface area contributed by atoms with Crippen molar-refractivity contribution in [3.63, 3.8) is 0 Å². The van der Waals surface area contributed by atoms with Crippen molar-refractivity contribution in [3.8, 4) is 0 Å². The molecule has 1 aromatic carbocycles. The summed E-state index contributed by atoms with van der Waals surface area (Å²) >= 11 is 8.73. The predicted octanol–water partition coefficient (Wildman–Crippen LogP) is 4.41. The highest BCUT2D eigenvalue weighted by molar-refractivity contribution is 7.99. The van der Waals surface area contributed by atoms with Gasteiger partial charge in [-0.1, -0.05) is 11.6 Å². The number of ketones is 1. The van der Waals surface area contributed by atoms with E-state index >= 15 is 0 Å². The van der Waals surface area contributed by atoms with Crippen molar-refractivity contribution in [2.75, 3.05) is 11.1 Å². The van der Waals surface area contributed by atoms with Gasteiger partial charge in [0.15, 0.2) is 11.9 Å². The number of carbonyl (C=O) groups excluding carboxylic acids is 3. The zero-order chi connectivity index (χ0) is 19.1. The molecule has 1 amide bonds. The summed E-state index contributed by atoms with van der Waals surface area (Å²) in [6.07, 6.45) is -0.910. The number of rotatable bonds is 8. The van der Waals surface area contributed by atoms with Crippen LogP contribution < -0.4 is 5.32 Å². The van der Waals surface area contributed by atoms with Gasteiger partial charge in [-0.15, -0.1) is 23.1 Å². The predicted molar refractivity (Wildman–Crippen MR) is 106 cm³/mol. The van der Waals surface area contributed by atoms with Gasteiger partial charge in [-0.3, -0.25) is 14.4 Å². The molecular formula is C18H18ClNO4S2. The van der Waals surface area contributed by atoms with Crippen LogP contribution in [0.5, 0.6) is 0 Å². The normalized spacial score (nSPS) is 11.7. The number of thiophene rings is 1. The minimum atomic E-state index is -0.910. The van der Waals surface area contributed by atoms with E-state index in [0.717, 1.165) is 4.88 Å². The lowest BCUT2D eigenvalue weighted by Crippen LogP contribution is -2.30. The molecule has 1 N–H and O–H groups in total. The smallest absolute Gasteiger partial charge is 0.316 e. The quantitative estimate of drug-likeness (QED) is 0.514. The Kier molecular flexibility index (Phi) is 7.68. The molecule has 0 unspecified atom stereocenters. The van der Waals surface area contributed by atoms with Crippen molar-refractivity contribution in [3.05, 3.63) is 51.2 Å². The molecule has 1 atom stereocenters. The molecule has 2 aromatic rings. The van der Waals surface area contributed by atoms with Crippen molar-refractivity contribution in [1.82, 2.24) is 0 Å². The van der Waals surface area contributed by atoms with E-state index in [1.165, 1.54) is 36.9 Å². The zero-order valence-corrected chi connectivity index (χ0v) is 16.7. The molecule has 0 aliphatic carbocycles. The molecule has 0 spiro atoms. The van der Waals surface area contributed by atoms with Crippen molar-refractivity contribution >= 4 is 58.0 Å². The molecule has 5 nitrogen and oxygen atoms in total. The van der Waals surface area contributed by atoms with Gasteiger partial charge in [0.05, 0.1) is 10.1 Å². The summed E-state index contributed by atoms with van der Waals surface area (Å²) in [7, 11) is 0. The molecule has 0 aliphatic rings. The van der Waals surface area contributed by atoms with Crippen LogP contribution in [-0.4, -0.2) is 29.5 Å². The second kappa shape index (κ2) is 9.75. The average Bonchev–Trinajstić information content (AvgIpc) is 3.00. The highest BCUT2D eigenvalue weighted by atomic mass is 35.5. The van der Waals surface area contributed by atoms with Crippen molar-refractivity contribution < 1.29 is 19.1 Å². The van der Waals surface area contributed by atoms with Crippen LogP contribution in [-0.2, 0) is 20.1 Å². The third-order valence-corrected chi connectivity index (χ3v) is 5.70. The number of benzene rings is 1. The summed E-state index contributed by atoms with van der Waals surface area (Å²) < 4.78 is 5.85. The zero-order valence-electron chi connectivity index (χ0n) is 14.3. The highest BCUT2D eigenvalue weighted by Gasteiger charge is 2.18. The number of ether oxygens (including phenoxy) is 1. The Morgan fingerprint density at radius 3 is 2.46 bits per heavy atom. The number of nitrogens with one attached hydrogen (secondary N) is 1. The van der Waals surface area contributed by atoms with Gasteiger partial charge in [-0.2, -0.15) is 0 Å². The number of hydrogen-bond acceptors (Lipinski definition) is 6. The summed E-state index contributed by atoms with van der Waals surface area (Å²) in [5.41, 5.74) is 1.10. The van der Waals surface area contributed by atoms with E-state index in [1.54, 1.807) is 24.3 Å². The number of amides is 1. The monoisotopic (exact) mass is 411 g/mol. The van der Waals surface area contributed by atoms with Crippen LogP contribution in [0.2, 0.25) is 4.34 Å². The summed E-state index contributed by atoms with van der Waals surface area (Å²) in [4.78, 5) is 36.2. The number of hydrogen-bond donors (Lipinski definition) is 1. The van der Waals surface area contributed by atoms with Crippen molar-refractivity contribution in [1.29, 1.82) is 0 Å². The van der Waals surface area contributed by atoms with E-state index < -0.39 is 18.0 Å².